The van der Waals surface area contributed by atoms with E-state index in [4.69, 9.17) is 5.11 Å². The zero-order chi connectivity index (χ0) is 7.03. The van der Waals surface area contributed by atoms with Crippen molar-refractivity contribution >= 4 is 0 Å². The molecular formula is C8H15NO. The normalized spacial score (nSPS) is 36.3. The van der Waals surface area contributed by atoms with Gasteiger partial charge < -0.3 is 10.4 Å². The van der Waals surface area contributed by atoms with E-state index in [1.165, 1.54) is 19.3 Å². The number of nitrogens with one attached hydrogen (secondary N) is 1. The zero-order valence-corrected chi connectivity index (χ0v) is 6.27. The second-order valence-electron chi connectivity index (χ2n) is 3.73. The molecule has 1 aliphatic heterocycles. The van der Waals surface area contributed by atoms with Gasteiger partial charge in [0.25, 0.3) is 0 Å². The minimum absolute atomic E-state index is 0.382. The zero-order valence-electron chi connectivity index (χ0n) is 6.27. The van der Waals surface area contributed by atoms with Gasteiger partial charge in [-0.15, -0.1) is 0 Å². The summed E-state index contributed by atoms with van der Waals surface area (Å²) in [5, 5.41) is 12.4. The predicted molar refractivity (Wildman–Crippen MR) is 39.7 cm³/mol. The van der Waals surface area contributed by atoms with Gasteiger partial charge in [0.1, 0.15) is 0 Å². The molecule has 2 N–H and O–H groups in total. The molecule has 1 aliphatic carbocycles. The number of aliphatic hydroxyl groups excluding tert-OH is 1. The Morgan fingerprint density at radius 1 is 1.50 bits per heavy atom. The quantitative estimate of drug-likeness (QED) is 0.553. The largest absolute Gasteiger partial charge is 0.396 e. The Balaban J connectivity index is 2.05. The average Bonchev–Trinajstić information content (AvgIpc) is 2.27. The molecule has 2 nitrogen and oxygen atoms in total. The molecule has 0 aromatic heterocycles. The van der Waals surface area contributed by atoms with Crippen LogP contribution < -0.4 is 5.32 Å². The van der Waals surface area contributed by atoms with Gasteiger partial charge >= 0.3 is 0 Å². The van der Waals surface area contributed by atoms with Gasteiger partial charge in [0.2, 0.25) is 0 Å². The van der Waals surface area contributed by atoms with Crippen LogP contribution in [-0.2, 0) is 0 Å². The minimum Gasteiger partial charge on any atom is -0.396 e. The summed E-state index contributed by atoms with van der Waals surface area (Å²) < 4.78 is 0. The van der Waals surface area contributed by atoms with Gasteiger partial charge in [-0.2, -0.15) is 0 Å². The maximum Gasteiger partial charge on any atom is 0.0477 e. The summed E-state index contributed by atoms with van der Waals surface area (Å²) in [5.74, 6) is 0.557. The number of aliphatic hydroxyl groups is 1. The highest BCUT2D eigenvalue weighted by Crippen LogP contribution is 2.48. The summed E-state index contributed by atoms with van der Waals surface area (Å²) in [6, 6.07) is 0. The smallest absolute Gasteiger partial charge is 0.0477 e. The third-order valence-corrected chi connectivity index (χ3v) is 3.30. The lowest BCUT2D eigenvalue weighted by Gasteiger charge is -2.42. The van der Waals surface area contributed by atoms with E-state index in [9.17, 15) is 0 Å². The van der Waals surface area contributed by atoms with Crippen LogP contribution in [0.25, 0.3) is 0 Å². The highest BCUT2D eigenvalue weighted by molar-refractivity contribution is 4.99. The first kappa shape index (κ1) is 6.62. The fourth-order valence-corrected chi connectivity index (χ4v) is 2.33. The number of rotatable bonds is 1. The van der Waals surface area contributed by atoms with E-state index in [1.54, 1.807) is 0 Å². The Morgan fingerprint density at radius 2 is 2.30 bits per heavy atom. The summed E-state index contributed by atoms with van der Waals surface area (Å²) in [6.45, 7) is 2.57. The Hall–Kier alpha value is -0.0800. The molecule has 0 aromatic rings. The average molecular weight is 141 g/mol. The van der Waals surface area contributed by atoms with Crippen molar-refractivity contribution in [1.29, 1.82) is 0 Å². The monoisotopic (exact) mass is 141 g/mol. The van der Waals surface area contributed by atoms with Crippen molar-refractivity contribution in [2.24, 2.45) is 11.3 Å². The molecular weight excluding hydrogens is 126 g/mol. The molecule has 1 saturated carbocycles. The van der Waals surface area contributed by atoms with E-state index >= 15 is 0 Å². The molecule has 0 amide bonds. The third-order valence-electron chi connectivity index (χ3n) is 3.30. The van der Waals surface area contributed by atoms with Crippen molar-refractivity contribution in [3.8, 4) is 0 Å². The molecule has 0 radical (unpaired) electrons. The molecule has 2 heteroatoms. The maximum absolute atomic E-state index is 9.03. The lowest BCUT2D eigenvalue weighted by molar-refractivity contribution is 0.0568. The fourth-order valence-electron chi connectivity index (χ4n) is 2.33. The summed E-state index contributed by atoms with van der Waals surface area (Å²) in [4.78, 5) is 0. The Kier molecular flexibility index (Phi) is 1.46. The fraction of sp³-hybridized carbons (Fsp3) is 1.00. The second kappa shape index (κ2) is 2.21. The molecule has 1 atom stereocenters. The SMILES string of the molecule is OCC1CNCC12CCC2. The van der Waals surface area contributed by atoms with Gasteiger partial charge in [0.15, 0.2) is 0 Å². The van der Waals surface area contributed by atoms with Crippen LogP contribution in [0.2, 0.25) is 0 Å². The molecule has 58 valence electrons. The highest BCUT2D eigenvalue weighted by Gasteiger charge is 2.46. The van der Waals surface area contributed by atoms with E-state index in [-0.39, 0.29) is 0 Å². The summed E-state index contributed by atoms with van der Waals surface area (Å²) in [7, 11) is 0. The topological polar surface area (TPSA) is 32.3 Å². The number of hydrogen-bond donors (Lipinski definition) is 2. The summed E-state index contributed by atoms with van der Waals surface area (Å²) in [6.07, 6.45) is 4.05. The second-order valence-corrected chi connectivity index (χ2v) is 3.73. The predicted octanol–water partition coefficient (Wildman–Crippen LogP) is 0.368. The van der Waals surface area contributed by atoms with Crippen LogP contribution in [0, 0.1) is 11.3 Å². The van der Waals surface area contributed by atoms with Gasteiger partial charge in [-0.25, -0.2) is 0 Å². The number of hydrogen-bond acceptors (Lipinski definition) is 2. The molecule has 2 aliphatic rings. The molecule has 2 fully saturated rings. The first-order chi connectivity index (χ1) is 4.87. The first-order valence-corrected chi connectivity index (χ1v) is 4.19. The van der Waals surface area contributed by atoms with Crippen LogP contribution in [0.1, 0.15) is 19.3 Å². The molecule has 1 unspecified atom stereocenters. The van der Waals surface area contributed by atoms with Crippen LogP contribution in [-0.4, -0.2) is 24.8 Å². The molecule has 10 heavy (non-hydrogen) atoms. The molecule has 0 bridgehead atoms. The standard InChI is InChI=1S/C8H15NO/c10-5-7-4-9-6-8(7)2-1-3-8/h7,9-10H,1-6H2. The molecule has 1 heterocycles. The molecule has 2 rings (SSSR count). The lowest BCUT2D eigenvalue weighted by Crippen LogP contribution is -2.38. The van der Waals surface area contributed by atoms with E-state index in [0.717, 1.165) is 13.1 Å². The first-order valence-electron chi connectivity index (χ1n) is 4.19. The van der Waals surface area contributed by atoms with Crippen LogP contribution >= 0.6 is 0 Å². The van der Waals surface area contributed by atoms with Crippen LogP contribution in [0.3, 0.4) is 0 Å². The van der Waals surface area contributed by atoms with Crippen molar-refractivity contribution in [3.63, 3.8) is 0 Å². The van der Waals surface area contributed by atoms with E-state index in [2.05, 4.69) is 5.32 Å². The Morgan fingerprint density at radius 3 is 2.70 bits per heavy atom. The van der Waals surface area contributed by atoms with Crippen LogP contribution in [0.15, 0.2) is 0 Å². The van der Waals surface area contributed by atoms with Gasteiger partial charge in [-0.05, 0) is 18.3 Å². The van der Waals surface area contributed by atoms with Crippen molar-refractivity contribution < 1.29 is 5.11 Å². The summed E-state index contributed by atoms with van der Waals surface area (Å²) in [5.41, 5.74) is 0.523. The lowest BCUT2D eigenvalue weighted by atomic mass is 9.63. The van der Waals surface area contributed by atoms with Gasteiger partial charge in [0.05, 0.1) is 0 Å². The van der Waals surface area contributed by atoms with Crippen LogP contribution in [0.4, 0.5) is 0 Å². The third kappa shape index (κ3) is 0.722. The maximum atomic E-state index is 9.03. The van der Waals surface area contributed by atoms with E-state index in [1.807, 2.05) is 0 Å². The van der Waals surface area contributed by atoms with Gasteiger partial charge in [0, 0.05) is 25.6 Å². The Bertz CT molecular complexity index is 131. The molecule has 1 spiro atoms. The summed E-state index contributed by atoms with van der Waals surface area (Å²) >= 11 is 0. The van der Waals surface area contributed by atoms with Crippen molar-refractivity contribution in [2.45, 2.75) is 19.3 Å². The van der Waals surface area contributed by atoms with Gasteiger partial charge in [-0.3, -0.25) is 0 Å². The van der Waals surface area contributed by atoms with Crippen LogP contribution in [0.5, 0.6) is 0 Å². The van der Waals surface area contributed by atoms with E-state index < -0.39 is 0 Å². The van der Waals surface area contributed by atoms with Crippen molar-refractivity contribution in [1.82, 2.24) is 5.32 Å². The Labute approximate surface area is 61.6 Å². The van der Waals surface area contributed by atoms with E-state index in [0.29, 0.717) is 17.9 Å². The molecule has 1 saturated heterocycles. The van der Waals surface area contributed by atoms with Crippen molar-refractivity contribution in [3.05, 3.63) is 0 Å². The minimum atomic E-state index is 0.382. The van der Waals surface area contributed by atoms with Gasteiger partial charge in [-0.1, -0.05) is 6.42 Å². The van der Waals surface area contributed by atoms with Crippen molar-refractivity contribution in [2.75, 3.05) is 19.7 Å². The molecule has 0 aromatic carbocycles. The highest BCUT2D eigenvalue weighted by atomic mass is 16.3.